The standard InChI is InChI=1S/C20H15F4N3O2S/c21-16-6-3-13(20(22,23)24)9-12(16)10-26-19(30)27-14-4-1-11(2-5-14)15-7-8-29-17(15)18(25)28/h1-9H,10H2,(H2,25,28)(H2,26,27,30). The van der Waals surface area contributed by atoms with Gasteiger partial charge in [-0.15, -0.1) is 0 Å². The Morgan fingerprint density at radius 3 is 2.43 bits per heavy atom. The number of hydrogen-bond donors (Lipinski definition) is 3. The molecule has 0 fully saturated rings. The molecule has 0 radical (unpaired) electrons. The molecule has 0 spiro atoms. The van der Waals surface area contributed by atoms with Gasteiger partial charge >= 0.3 is 6.18 Å². The van der Waals surface area contributed by atoms with Crippen molar-refractivity contribution in [2.75, 3.05) is 5.32 Å². The molecule has 4 N–H and O–H groups in total. The van der Waals surface area contributed by atoms with Gasteiger partial charge in [-0.3, -0.25) is 4.79 Å². The lowest BCUT2D eigenvalue weighted by Gasteiger charge is -2.13. The van der Waals surface area contributed by atoms with Crippen molar-refractivity contribution in [3.63, 3.8) is 0 Å². The molecule has 2 aromatic carbocycles. The highest BCUT2D eigenvalue weighted by Crippen LogP contribution is 2.30. The van der Waals surface area contributed by atoms with Gasteiger partial charge in [0.25, 0.3) is 5.91 Å². The van der Waals surface area contributed by atoms with Crippen LogP contribution in [0.5, 0.6) is 0 Å². The highest BCUT2D eigenvalue weighted by molar-refractivity contribution is 7.80. The molecule has 3 rings (SSSR count). The van der Waals surface area contributed by atoms with Gasteiger partial charge < -0.3 is 20.8 Å². The predicted molar refractivity (Wildman–Crippen MR) is 107 cm³/mol. The van der Waals surface area contributed by atoms with Crippen LogP contribution in [0.4, 0.5) is 23.2 Å². The monoisotopic (exact) mass is 437 g/mol. The second-order valence-corrected chi connectivity index (χ2v) is 6.62. The molecule has 1 heterocycles. The molecule has 5 nitrogen and oxygen atoms in total. The molecule has 1 aromatic heterocycles. The molecule has 0 aliphatic rings. The summed E-state index contributed by atoms with van der Waals surface area (Å²) in [5, 5.41) is 5.61. The highest BCUT2D eigenvalue weighted by atomic mass is 32.1. The first-order chi connectivity index (χ1) is 14.1. The number of anilines is 1. The summed E-state index contributed by atoms with van der Waals surface area (Å²) in [7, 11) is 0. The number of furan rings is 1. The van der Waals surface area contributed by atoms with E-state index in [1.54, 1.807) is 30.3 Å². The number of rotatable bonds is 5. The first kappa shape index (κ1) is 21.3. The van der Waals surface area contributed by atoms with Gasteiger partial charge in [0.05, 0.1) is 11.8 Å². The molecule has 0 saturated heterocycles. The Morgan fingerprint density at radius 1 is 1.10 bits per heavy atom. The number of thiocarbonyl (C=S) groups is 1. The summed E-state index contributed by atoms with van der Waals surface area (Å²) in [5.41, 5.74) is 5.95. The number of primary amides is 1. The lowest BCUT2D eigenvalue weighted by molar-refractivity contribution is -0.137. The third-order valence-corrected chi connectivity index (χ3v) is 4.40. The normalized spacial score (nSPS) is 11.2. The number of halogens is 4. The average Bonchev–Trinajstić information content (AvgIpc) is 3.17. The molecule has 156 valence electrons. The lowest BCUT2D eigenvalue weighted by Crippen LogP contribution is -2.28. The molecule has 0 aliphatic carbocycles. The van der Waals surface area contributed by atoms with Crippen LogP contribution < -0.4 is 16.4 Å². The molecule has 10 heteroatoms. The van der Waals surface area contributed by atoms with Gasteiger partial charge in [0, 0.05) is 23.4 Å². The van der Waals surface area contributed by atoms with Crippen LogP contribution in [0.1, 0.15) is 21.7 Å². The van der Waals surface area contributed by atoms with E-state index in [4.69, 9.17) is 22.4 Å². The Balaban J connectivity index is 1.63. The number of hydrogen-bond acceptors (Lipinski definition) is 3. The summed E-state index contributed by atoms with van der Waals surface area (Å²) in [6, 6.07) is 10.5. The third kappa shape index (κ3) is 4.95. The fourth-order valence-electron chi connectivity index (χ4n) is 2.70. The van der Waals surface area contributed by atoms with Crippen LogP contribution in [0.3, 0.4) is 0 Å². The molecule has 0 saturated carbocycles. The number of benzene rings is 2. The van der Waals surface area contributed by atoms with Crippen LogP contribution in [-0.2, 0) is 12.7 Å². The first-order valence-corrected chi connectivity index (χ1v) is 8.94. The molecular formula is C20H15F4N3O2S. The van der Waals surface area contributed by atoms with Crippen molar-refractivity contribution in [3.05, 3.63) is 77.5 Å². The van der Waals surface area contributed by atoms with E-state index in [1.807, 2.05) is 0 Å². The van der Waals surface area contributed by atoms with E-state index in [0.717, 1.165) is 12.1 Å². The van der Waals surface area contributed by atoms with Gasteiger partial charge in [0.2, 0.25) is 0 Å². The van der Waals surface area contributed by atoms with E-state index < -0.39 is 23.5 Å². The van der Waals surface area contributed by atoms with Crippen molar-refractivity contribution in [1.82, 2.24) is 5.32 Å². The van der Waals surface area contributed by atoms with Crippen molar-refractivity contribution >= 4 is 28.9 Å². The molecule has 0 bridgehead atoms. The lowest BCUT2D eigenvalue weighted by atomic mass is 10.1. The van der Waals surface area contributed by atoms with Crippen molar-refractivity contribution < 1.29 is 26.8 Å². The van der Waals surface area contributed by atoms with E-state index >= 15 is 0 Å². The molecule has 0 atom stereocenters. The zero-order chi connectivity index (χ0) is 21.9. The average molecular weight is 437 g/mol. The smallest absolute Gasteiger partial charge is 0.416 e. The summed E-state index contributed by atoms with van der Waals surface area (Å²) in [6.45, 7) is -0.226. The van der Waals surface area contributed by atoms with Gasteiger partial charge in [-0.2, -0.15) is 13.2 Å². The Morgan fingerprint density at radius 2 is 1.80 bits per heavy atom. The maximum Gasteiger partial charge on any atom is 0.416 e. The number of nitrogens with two attached hydrogens (primary N) is 1. The molecule has 0 aliphatic heterocycles. The number of nitrogens with one attached hydrogen (secondary N) is 2. The van der Waals surface area contributed by atoms with Crippen molar-refractivity contribution in [2.45, 2.75) is 12.7 Å². The number of alkyl halides is 3. The molecule has 0 unspecified atom stereocenters. The maximum atomic E-state index is 13.8. The Hall–Kier alpha value is -3.40. The molecule has 3 aromatic rings. The van der Waals surface area contributed by atoms with Gasteiger partial charge in [0.1, 0.15) is 5.82 Å². The van der Waals surface area contributed by atoms with E-state index in [0.29, 0.717) is 22.9 Å². The summed E-state index contributed by atoms with van der Waals surface area (Å²) >= 11 is 5.11. The topological polar surface area (TPSA) is 80.3 Å². The van der Waals surface area contributed by atoms with Crippen LogP contribution in [0.15, 0.2) is 59.2 Å². The minimum absolute atomic E-state index is 0.0380. The maximum absolute atomic E-state index is 13.8. The summed E-state index contributed by atoms with van der Waals surface area (Å²) in [6.07, 6.45) is -3.21. The Labute approximate surface area is 173 Å². The summed E-state index contributed by atoms with van der Waals surface area (Å²) < 4.78 is 57.2. The Bertz CT molecular complexity index is 1080. The fourth-order valence-corrected chi connectivity index (χ4v) is 2.89. The van der Waals surface area contributed by atoms with Gasteiger partial charge in [-0.25, -0.2) is 4.39 Å². The summed E-state index contributed by atoms with van der Waals surface area (Å²) in [4.78, 5) is 11.4. The van der Waals surface area contributed by atoms with Gasteiger partial charge in [-0.05, 0) is 54.2 Å². The van der Waals surface area contributed by atoms with Crippen LogP contribution in [-0.4, -0.2) is 11.0 Å². The minimum atomic E-state index is -4.56. The zero-order valence-corrected chi connectivity index (χ0v) is 16.0. The van der Waals surface area contributed by atoms with E-state index in [2.05, 4.69) is 10.6 Å². The van der Waals surface area contributed by atoms with Crippen molar-refractivity contribution in [1.29, 1.82) is 0 Å². The number of carbonyl (C=O) groups is 1. The van der Waals surface area contributed by atoms with Gasteiger partial charge in [0.15, 0.2) is 10.9 Å². The highest BCUT2D eigenvalue weighted by Gasteiger charge is 2.31. The minimum Gasteiger partial charge on any atom is -0.459 e. The quantitative estimate of drug-likeness (QED) is 0.399. The largest absolute Gasteiger partial charge is 0.459 e. The van der Waals surface area contributed by atoms with Gasteiger partial charge in [-0.1, -0.05) is 12.1 Å². The van der Waals surface area contributed by atoms with Crippen molar-refractivity contribution in [2.24, 2.45) is 5.73 Å². The van der Waals surface area contributed by atoms with Crippen LogP contribution in [0.2, 0.25) is 0 Å². The zero-order valence-electron chi connectivity index (χ0n) is 15.2. The predicted octanol–water partition coefficient (Wildman–Crippen LogP) is 4.69. The summed E-state index contributed by atoms with van der Waals surface area (Å²) in [5.74, 6) is -1.42. The fraction of sp³-hybridized carbons (Fsp3) is 0.100. The number of amides is 1. The SMILES string of the molecule is NC(=O)c1occc1-c1ccc(NC(=S)NCc2cc(C(F)(F)F)ccc2F)cc1. The van der Waals surface area contributed by atoms with Crippen molar-refractivity contribution in [3.8, 4) is 11.1 Å². The molecular weight excluding hydrogens is 422 g/mol. The Kier molecular flexibility index (Phi) is 6.06. The van der Waals surface area contributed by atoms with E-state index in [1.165, 1.54) is 6.26 Å². The first-order valence-electron chi connectivity index (χ1n) is 8.53. The van der Waals surface area contributed by atoms with Crippen LogP contribution in [0.25, 0.3) is 11.1 Å². The second kappa shape index (κ2) is 8.54. The van der Waals surface area contributed by atoms with E-state index in [9.17, 15) is 22.4 Å². The van der Waals surface area contributed by atoms with Crippen LogP contribution in [0, 0.1) is 5.82 Å². The number of carbonyl (C=O) groups excluding carboxylic acids is 1. The van der Waals surface area contributed by atoms with E-state index in [-0.39, 0.29) is 23.0 Å². The van der Waals surface area contributed by atoms with Crippen LogP contribution >= 0.6 is 12.2 Å². The third-order valence-electron chi connectivity index (χ3n) is 4.16. The second-order valence-electron chi connectivity index (χ2n) is 6.22. The molecule has 1 amide bonds. The molecule has 30 heavy (non-hydrogen) atoms.